The highest BCUT2D eigenvalue weighted by atomic mass is 35.5. The van der Waals surface area contributed by atoms with E-state index < -0.39 is 10.0 Å². The van der Waals surface area contributed by atoms with Gasteiger partial charge in [0.05, 0.1) is 4.90 Å². The smallest absolute Gasteiger partial charge is 0.241 e. The average molecular weight is 318 g/mol. The first-order chi connectivity index (χ1) is 9.29. The van der Waals surface area contributed by atoms with Gasteiger partial charge in [-0.3, -0.25) is 4.79 Å². The molecule has 0 saturated carbocycles. The quantitative estimate of drug-likeness (QED) is 0.717. The van der Waals surface area contributed by atoms with Gasteiger partial charge in [-0.15, -0.1) is 0 Å². The van der Waals surface area contributed by atoms with Crippen LogP contribution in [0.4, 0.5) is 5.69 Å². The number of halogens is 1. The molecule has 110 valence electrons. The second-order valence-corrected chi connectivity index (χ2v) is 6.90. The van der Waals surface area contributed by atoms with E-state index in [1.165, 1.54) is 12.1 Å². The Bertz CT molecular complexity index is 636. The van der Waals surface area contributed by atoms with Crippen LogP contribution in [-0.4, -0.2) is 26.9 Å². The number of carbonyl (C=O) groups is 1. The number of carbonyl (C=O) groups excluding carboxylic acids is 1. The molecule has 4 N–H and O–H groups in total. The number of nitrogens with one attached hydrogen (secondary N) is 2. The Labute approximate surface area is 122 Å². The van der Waals surface area contributed by atoms with Crippen molar-refractivity contribution in [2.75, 3.05) is 12.3 Å². The maximum atomic E-state index is 12.4. The molecule has 1 fully saturated rings. The van der Waals surface area contributed by atoms with Crippen LogP contribution in [0.15, 0.2) is 17.0 Å². The predicted octanol–water partition coefficient (Wildman–Crippen LogP) is 0.788. The maximum absolute atomic E-state index is 12.4. The van der Waals surface area contributed by atoms with E-state index in [4.69, 9.17) is 17.3 Å². The summed E-state index contributed by atoms with van der Waals surface area (Å²) >= 11 is 5.86. The molecule has 1 atom stereocenters. The van der Waals surface area contributed by atoms with Crippen LogP contribution in [-0.2, 0) is 14.8 Å². The summed E-state index contributed by atoms with van der Waals surface area (Å²) in [6.07, 6.45) is 0.782. The van der Waals surface area contributed by atoms with Gasteiger partial charge in [-0.1, -0.05) is 11.6 Å². The fraction of sp³-hybridized carbons (Fsp3) is 0.417. The zero-order valence-corrected chi connectivity index (χ0v) is 12.5. The summed E-state index contributed by atoms with van der Waals surface area (Å²) in [6.45, 7) is 1.91. The highest BCUT2D eigenvalue weighted by molar-refractivity contribution is 7.89. The number of piperidine rings is 1. The molecule has 0 bridgehead atoms. The van der Waals surface area contributed by atoms with Crippen molar-refractivity contribution >= 4 is 33.2 Å². The first kappa shape index (κ1) is 15.1. The Morgan fingerprint density at radius 3 is 2.75 bits per heavy atom. The first-order valence-electron chi connectivity index (χ1n) is 6.14. The molecule has 0 radical (unpaired) electrons. The van der Waals surface area contributed by atoms with Crippen molar-refractivity contribution in [3.8, 4) is 0 Å². The molecule has 1 heterocycles. The van der Waals surface area contributed by atoms with E-state index in [0.29, 0.717) is 24.1 Å². The van der Waals surface area contributed by atoms with Gasteiger partial charge in [-0.25, -0.2) is 13.1 Å². The number of hydrogen-bond donors (Lipinski definition) is 3. The van der Waals surface area contributed by atoms with Crippen molar-refractivity contribution in [3.05, 3.63) is 22.7 Å². The van der Waals surface area contributed by atoms with Crippen molar-refractivity contribution in [3.63, 3.8) is 0 Å². The Balaban J connectivity index is 2.25. The summed E-state index contributed by atoms with van der Waals surface area (Å²) in [6, 6.07) is 2.56. The number of nitrogens with two attached hydrogens (primary N) is 1. The minimum absolute atomic E-state index is 0.0661. The van der Waals surface area contributed by atoms with Gasteiger partial charge in [0.15, 0.2) is 0 Å². The number of benzene rings is 1. The summed E-state index contributed by atoms with van der Waals surface area (Å²) in [4.78, 5) is 11.1. The third-order valence-electron chi connectivity index (χ3n) is 3.24. The fourth-order valence-corrected chi connectivity index (χ4v) is 3.93. The second-order valence-electron chi connectivity index (χ2n) is 4.78. The van der Waals surface area contributed by atoms with Gasteiger partial charge < -0.3 is 11.1 Å². The SMILES string of the molecule is Cc1c(N)cc(Cl)cc1S(=O)(=O)NC1CCC(=O)NC1. The molecule has 1 aromatic rings. The van der Waals surface area contributed by atoms with Gasteiger partial charge in [0.25, 0.3) is 0 Å². The second kappa shape index (κ2) is 5.59. The molecular weight excluding hydrogens is 302 g/mol. The van der Waals surface area contributed by atoms with Crippen LogP contribution in [0.3, 0.4) is 0 Å². The third kappa shape index (κ3) is 3.23. The van der Waals surface area contributed by atoms with Crippen molar-refractivity contribution in [2.24, 2.45) is 0 Å². The summed E-state index contributed by atoms with van der Waals surface area (Å²) in [5.41, 5.74) is 6.52. The summed E-state index contributed by atoms with van der Waals surface area (Å²) in [7, 11) is -3.72. The van der Waals surface area contributed by atoms with Crippen LogP contribution in [0.5, 0.6) is 0 Å². The van der Waals surface area contributed by atoms with Crippen molar-refractivity contribution in [2.45, 2.75) is 30.7 Å². The molecule has 1 aliphatic rings. The van der Waals surface area contributed by atoms with Crippen molar-refractivity contribution < 1.29 is 13.2 Å². The number of anilines is 1. The van der Waals surface area contributed by atoms with Gasteiger partial charge in [0.2, 0.25) is 15.9 Å². The van der Waals surface area contributed by atoms with E-state index in [-0.39, 0.29) is 28.4 Å². The monoisotopic (exact) mass is 317 g/mol. The van der Waals surface area contributed by atoms with Crippen LogP contribution in [0.1, 0.15) is 18.4 Å². The van der Waals surface area contributed by atoms with Crippen LogP contribution in [0.25, 0.3) is 0 Å². The summed E-state index contributed by atoms with van der Waals surface area (Å²) < 4.78 is 27.3. The molecule has 1 unspecified atom stereocenters. The number of hydrogen-bond acceptors (Lipinski definition) is 4. The van der Waals surface area contributed by atoms with Crippen LogP contribution in [0.2, 0.25) is 5.02 Å². The Kier molecular flexibility index (Phi) is 4.22. The van der Waals surface area contributed by atoms with Crippen LogP contribution < -0.4 is 15.8 Å². The highest BCUT2D eigenvalue weighted by Crippen LogP contribution is 2.26. The highest BCUT2D eigenvalue weighted by Gasteiger charge is 2.26. The Morgan fingerprint density at radius 1 is 1.45 bits per heavy atom. The van der Waals surface area contributed by atoms with E-state index in [2.05, 4.69) is 10.0 Å². The number of sulfonamides is 1. The lowest BCUT2D eigenvalue weighted by Crippen LogP contribution is -2.47. The van der Waals surface area contributed by atoms with E-state index in [0.717, 1.165) is 0 Å². The fourth-order valence-electron chi connectivity index (χ4n) is 2.07. The molecule has 6 nitrogen and oxygen atoms in total. The number of nitrogen functional groups attached to an aromatic ring is 1. The molecule has 0 aliphatic carbocycles. The predicted molar refractivity (Wildman–Crippen MR) is 77.0 cm³/mol. The topological polar surface area (TPSA) is 101 Å². The molecule has 1 amide bonds. The van der Waals surface area contributed by atoms with Gasteiger partial charge in [0.1, 0.15) is 0 Å². The molecule has 0 aromatic heterocycles. The lowest BCUT2D eigenvalue weighted by molar-refractivity contribution is -0.122. The molecule has 1 aromatic carbocycles. The maximum Gasteiger partial charge on any atom is 0.241 e. The molecule has 1 saturated heterocycles. The third-order valence-corrected chi connectivity index (χ3v) is 5.11. The summed E-state index contributed by atoms with van der Waals surface area (Å²) in [5, 5.41) is 2.90. The molecule has 8 heteroatoms. The van der Waals surface area contributed by atoms with Crippen LogP contribution in [0, 0.1) is 6.92 Å². The Morgan fingerprint density at radius 2 is 2.15 bits per heavy atom. The number of amides is 1. The molecule has 2 rings (SSSR count). The van der Waals surface area contributed by atoms with Gasteiger partial charge in [0, 0.05) is 29.7 Å². The molecule has 1 aliphatic heterocycles. The zero-order valence-electron chi connectivity index (χ0n) is 10.9. The minimum atomic E-state index is -3.72. The van der Waals surface area contributed by atoms with Crippen molar-refractivity contribution in [1.29, 1.82) is 0 Å². The lowest BCUT2D eigenvalue weighted by atomic mass is 10.1. The van der Waals surface area contributed by atoms with E-state index in [1.54, 1.807) is 6.92 Å². The minimum Gasteiger partial charge on any atom is -0.398 e. The average Bonchev–Trinajstić information content (AvgIpc) is 2.36. The lowest BCUT2D eigenvalue weighted by Gasteiger charge is -2.23. The van der Waals surface area contributed by atoms with E-state index >= 15 is 0 Å². The van der Waals surface area contributed by atoms with Gasteiger partial charge >= 0.3 is 0 Å². The van der Waals surface area contributed by atoms with Crippen LogP contribution >= 0.6 is 11.6 Å². The van der Waals surface area contributed by atoms with Gasteiger partial charge in [-0.05, 0) is 31.0 Å². The molecular formula is C12H16ClN3O3S. The Hall–Kier alpha value is -1.31. The molecule has 20 heavy (non-hydrogen) atoms. The zero-order chi connectivity index (χ0) is 14.9. The van der Waals surface area contributed by atoms with Gasteiger partial charge in [-0.2, -0.15) is 0 Å². The van der Waals surface area contributed by atoms with E-state index in [9.17, 15) is 13.2 Å². The van der Waals surface area contributed by atoms with Crippen molar-refractivity contribution in [1.82, 2.24) is 10.0 Å². The summed E-state index contributed by atoms with van der Waals surface area (Å²) in [5.74, 6) is -0.0661. The van der Waals surface area contributed by atoms with E-state index in [1.807, 2.05) is 0 Å². The normalized spacial score (nSPS) is 19.7. The first-order valence-corrected chi connectivity index (χ1v) is 8.00. The number of rotatable bonds is 3. The molecule has 0 spiro atoms. The largest absolute Gasteiger partial charge is 0.398 e. The standard InChI is InChI=1S/C12H16ClN3O3S/c1-7-10(14)4-8(13)5-11(7)20(18,19)16-9-2-3-12(17)15-6-9/h4-5,9,16H,2-3,6,14H2,1H3,(H,15,17).